The van der Waals surface area contributed by atoms with Crippen LogP contribution < -0.4 is 21.5 Å². The van der Waals surface area contributed by atoms with Gasteiger partial charge in [0.15, 0.2) is 17.2 Å². The Morgan fingerprint density at radius 2 is 1.87 bits per heavy atom. The van der Waals surface area contributed by atoms with Gasteiger partial charge in [-0.1, -0.05) is 32.0 Å². The molecule has 0 unspecified atom stereocenters. The maximum absolute atomic E-state index is 13.9. The van der Waals surface area contributed by atoms with E-state index < -0.39 is 29.6 Å². The van der Waals surface area contributed by atoms with Crippen molar-refractivity contribution in [3.05, 3.63) is 70.0 Å². The van der Waals surface area contributed by atoms with Gasteiger partial charge in [-0.15, -0.1) is 0 Å². The number of phenolic OH excluding ortho intramolecular Hbond substituents is 1. The molecule has 10 nitrogen and oxygen atoms in total. The molecule has 0 spiro atoms. The van der Waals surface area contributed by atoms with E-state index in [4.69, 9.17) is 16.2 Å². The normalized spacial score (nSPS) is 11.7. The minimum Gasteiger partial charge on any atom is -0.504 e. The molecule has 3 rings (SSSR count). The van der Waals surface area contributed by atoms with Crippen LogP contribution in [0.3, 0.4) is 0 Å². The van der Waals surface area contributed by atoms with E-state index in [-0.39, 0.29) is 34.3 Å². The van der Waals surface area contributed by atoms with Crippen molar-refractivity contribution in [1.29, 1.82) is 0 Å². The Balaban J connectivity index is 2.14. The molecular formula is C26H30FN5O5S. The van der Waals surface area contributed by atoms with Crippen LogP contribution in [0, 0.1) is 11.7 Å². The lowest BCUT2D eigenvalue weighted by Crippen LogP contribution is -2.43. The van der Waals surface area contributed by atoms with E-state index in [1.165, 1.54) is 54.5 Å². The Bertz CT molecular complexity index is 1310. The van der Waals surface area contributed by atoms with E-state index in [1.807, 2.05) is 13.8 Å². The second kappa shape index (κ2) is 12.4. The molecule has 202 valence electrons. The lowest BCUT2D eigenvalue weighted by Gasteiger charge is -2.31. The lowest BCUT2D eigenvalue weighted by atomic mass is 10.0. The SMILES string of the molecule is COc1cc([C@@H](C(=O)NCCC(C)C)N(Cc2ccc(F)cc2)C(=O)c2snc(C(N)=O)c2N)ccc1O. The minimum atomic E-state index is -1.22. The standard InChI is InChI=1S/C26H30FN5O5S/c1-14(2)10-11-30-25(35)22(16-6-9-18(33)19(12-16)37-3)32(13-15-4-7-17(27)8-5-15)26(36)23-20(28)21(24(29)34)31-38-23/h4-9,12,14,22,33H,10-11,13,28H2,1-3H3,(H2,29,34)(H,30,35)/t22-/m0/s1. The monoisotopic (exact) mass is 543 g/mol. The summed E-state index contributed by atoms with van der Waals surface area (Å²) in [4.78, 5) is 40.5. The second-order valence-electron chi connectivity index (χ2n) is 9.01. The van der Waals surface area contributed by atoms with Crippen LogP contribution in [0.1, 0.15) is 57.6 Å². The highest BCUT2D eigenvalue weighted by Crippen LogP contribution is 2.34. The maximum Gasteiger partial charge on any atom is 0.270 e. The highest BCUT2D eigenvalue weighted by molar-refractivity contribution is 7.09. The average Bonchev–Trinajstić information content (AvgIpc) is 3.26. The molecule has 3 aromatic rings. The molecule has 0 radical (unpaired) electrons. The summed E-state index contributed by atoms with van der Waals surface area (Å²) in [5.41, 5.74) is 11.8. The van der Waals surface area contributed by atoms with Crippen LogP contribution in [0.2, 0.25) is 0 Å². The number of benzene rings is 2. The molecule has 0 aliphatic carbocycles. The van der Waals surface area contributed by atoms with Crippen LogP contribution >= 0.6 is 11.5 Å². The van der Waals surface area contributed by atoms with Crippen molar-refractivity contribution in [3.63, 3.8) is 0 Å². The van der Waals surface area contributed by atoms with Gasteiger partial charge in [0.2, 0.25) is 5.91 Å². The fourth-order valence-corrected chi connectivity index (χ4v) is 4.51. The van der Waals surface area contributed by atoms with E-state index in [2.05, 4.69) is 9.69 Å². The number of nitrogen functional groups attached to an aromatic ring is 1. The van der Waals surface area contributed by atoms with Crippen molar-refractivity contribution in [2.24, 2.45) is 11.7 Å². The van der Waals surface area contributed by atoms with E-state index in [1.54, 1.807) is 0 Å². The molecule has 0 aliphatic heterocycles. The van der Waals surface area contributed by atoms with Crippen molar-refractivity contribution in [1.82, 2.24) is 14.6 Å². The molecule has 0 aliphatic rings. The number of nitrogens with zero attached hydrogens (tertiary/aromatic N) is 2. The number of carbonyl (C=O) groups excluding carboxylic acids is 3. The van der Waals surface area contributed by atoms with Crippen LogP contribution in [-0.2, 0) is 11.3 Å². The Morgan fingerprint density at radius 3 is 2.45 bits per heavy atom. The van der Waals surface area contributed by atoms with Crippen LogP contribution in [0.5, 0.6) is 11.5 Å². The van der Waals surface area contributed by atoms with Crippen molar-refractivity contribution in [2.45, 2.75) is 32.9 Å². The van der Waals surface area contributed by atoms with Crippen LogP contribution in [-0.4, -0.2) is 45.8 Å². The fraction of sp³-hybridized carbons (Fsp3) is 0.308. The molecule has 12 heteroatoms. The third kappa shape index (κ3) is 6.57. The third-order valence-electron chi connectivity index (χ3n) is 5.78. The van der Waals surface area contributed by atoms with Gasteiger partial charge in [-0.2, -0.15) is 4.37 Å². The van der Waals surface area contributed by atoms with Crippen LogP contribution in [0.15, 0.2) is 42.5 Å². The summed E-state index contributed by atoms with van der Waals surface area (Å²) in [5.74, 6) is -2.26. The molecule has 2 aromatic carbocycles. The number of halogens is 1. The Morgan fingerprint density at radius 1 is 1.18 bits per heavy atom. The molecule has 6 N–H and O–H groups in total. The zero-order chi connectivity index (χ0) is 28.0. The van der Waals surface area contributed by atoms with Gasteiger partial charge < -0.3 is 31.5 Å². The number of phenols is 1. The number of primary amides is 1. The largest absolute Gasteiger partial charge is 0.504 e. The number of nitrogens with one attached hydrogen (secondary N) is 1. The summed E-state index contributed by atoms with van der Waals surface area (Å²) in [7, 11) is 1.36. The van der Waals surface area contributed by atoms with E-state index in [0.29, 0.717) is 41.5 Å². The smallest absolute Gasteiger partial charge is 0.270 e. The molecule has 0 bridgehead atoms. The Kier molecular flexibility index (Phi) is 9.24. The highest BCUT2D eigenvalue weighted by atomic mass is 32.1. The fourth-order valence-electron chi connectivity index (χ4n) is 3.74. The molecule has 0 fully saturated rings. The lowest BCUT2D eigenvalue weighted by molar-refractivity contribution is -0.126. The first kappa shape index (κ1) is 28.4. The van der Waals surface area contributed by atoms with E-state index in [0.717, 1.165) is 0 Å². The number of hydrogen-bond donors (Lipinski definition) is 4. The minimum absolute atomic E-state index is 0.0772. The van der Waals surface area contributed by atoms with Gasteiger partial charge in [-0.25, -0.2) is 4.39 Å². The molecular weight excluding hydrogens is 513 g/mol. The zero-order valence-corrected chi connectivity index (χ0v) is 22.0. The first-order valence-electron chi connectivity index (χ1n) is 11.8. The topological polar surface area (TPSA) is 161 Å². The molecule has 1 heterocycles. The molecule has 0 saturated heterocycles. The number of ether oxygens (including phenoxy) is 1. The molecule has 1 atom stereocenters. The number of aromatic hydroxyl groups is 1. The number of aromatic nitrogens is 1. The summed E-state index contributed by atoms with van der Waals surface area (Å²) in [6, 6.07) is 8.56. The molecule has 0 saturated carbocycles. The predicted octanol–water partition coefficient (Wildman–Crippen LogP) is 3.22. The number of methoxy groups -OCH3 is 1. The molecule has 3 amide bonds. The van der Waals surface area contributed by atoms with Crippen LogP contribution in [0.25, 0.3) is 0 Å². The van der Waals surface area contributed by atoms with Gasteiger partial charge in [0.25, 0.3) is 11.8 Å². The van der Waals surface area contributed by atoms with Crippen molar-refractivity contribution >= 4 is 34.9 Å². The van der Waals surface area contributed by atoms with Crippen molar-refractivity contribution in [3.8, 4) is 11.5 Å². The van der Waals surface area contributed by atoms with Gasteiger partial charge in [-0.3, -0.25) is 14.4 Å². The van der Waals surface area contributed by atoms with Crippen molar-refractivity contribution in [2.75, 3.05) is 19.4 Å². The van der Waals surface area contributed by atoms with Gasteiger partial charge >= 0.3 is 0 Å². The highest BCUT2D eigenvalue weighted by Gasteiger charge is 2.35. The summed E-state index contributed by atoms with van der Waals surface area (Å²) >= 11 is 0.687. The number of anilines is 1. The van der Waals surface area contributed by atoms with E-state index >= 15 is 0 Å². The van der Waals surface area contributed by atoms with E-state index in [9.17, 15) is 23.9 Å². The van der Waals surface area contributed by atoms with Crippen LogP contribution in [0.4, 0.5) is 10.1 Å². The van der Waals surface area contributed by atoms with Gasteiger partial charge in [-0.05, 0) is 59.3 Å². The first-order chi connectivity index (χ1) is 18.0. The number of amides is 3. The number of nitrogens with two attached hydrogens (primary N) is 2. The molecule has 38 heavy (non-hydrogen) atoms. The molecule has 1 aromatic heterocycles. The predicted molar refractivity (Wildman–Crippen MR) is 141 cm³/mol. The number of hydrogen-bond acceptors (Lipinski definition) is 8. The number of rotatable bonds is 11. The summed E-state index contributed by atoms with van der Waals surface area (Å²) in [6.07, 6.45) is 0.701. The first-order valence-corrected chi connectivity index (χ1v) is 12.6. The number of carbonyl (C=O) groups is 3. The Hall–Kier alpha value is -4.19. The zero-order valence-electron chi connectivity index (χ0n) is 21.2. The second-order valence-corrected chi connectivity index (χ2v) is 9.78. The van der Waals surface area contributed by atoms with Gasteiger partial charge in [0, 0.05) is 13.1 Å². The van der Waals surface area contributed by atoms with Gasteiger partial charge in [0.05, 0.1) is 12.8 Å². The van der Waals surface area contributed by atoms with Crippen molar-refractivity contribution < 1.29 is 28.6 Å². The summed E-state index contributed by atoms with van der Waals surface area (Å²) in [6.45, 7) is 4.27. The average molecular weight is 544 g/mol. The third-order valence-corrected chi connectivity index (χ3v) is 6.63. The maximum atomic E-state index is 13.9. The quantitative estimate of drug-likeness (QED) is 0.289. The summed E-state index contributed by atoms with van der Waals surface area (Å²) in [5, 5.41) is 13.0. The Labute approximate surface area is 223 Å². The summed E-state index contributed by atoms with van der Waals surface area (Å²) < 4.78 is 22.7. The van der Waals surface area contributed by atoms with Gasteiger partial charge in [0.1, 0.15) is 16.7 Å².